The number of amides is 1. The summed E-state index contributed by atoms with van der Waals surface area (Å²) in [4.78, 5) is 21.1. The zero-order chi connectivity index (χ0) is 14.9. The number of anilines is 1. The molecule has 1 aliphatic rings. The Kier molecular flexibility index (Phi) is 4.28. The van der Waals surface area contributed by atoms with E-state index < -0.39 is 0 Å². The lowest BCUT2D eigenvalue weighted by Crippen LogP contribution is -2.52. The molecular weight excluding hydrogens is 252 g/mol. The summed E-state index contributed by atoms with van der Waals surface area (Å²) in [7, 11) is 2.08. The smallest absolute Gasteiger partial charge is 0.254 e. The fourth-order valence-corrected chi connectivity index (χ4v) is 2.60. The molecule has 20 heavy (non-hydrogen) atoms. The van der Waals surface area contributed by atoms with Gasteiger partial charge in [0.25, 0.3) is 5.91 Å². The van der Waals surface area contributed by atoms with Crippen molar-refractivity contribution in [3.05, 3.63) is 23.4 Å². The first-order chi connectivity index (χ1) is 9.38. The summed E-state index contributed by atoms with van der Waals surface area (Å²) >= 11 is 0. The van der Waals surface area contributed by atoms with Crippen LogP contribution in [-0.2, 0) is 0 Å². The molecule has 1 amide bonds. The number of carbonyl (C=O) groups excluding carboxylic acids is 1. The third kappa shape index (κ3) is 3.10. The van der Waals surface area contributed by atoms with Gasteiger partial charge in [-0.2, -0.15) is 0 Å². The number of nitrogen functional groups attached to an aromatic ring is 1. The highest BCUT2D eigenvalue weighted by Gasteiger charge is 2.27. The van der Waals surface area contributed by atoms with E-state index in [1.54, 1.807) is 6.07 Å². The van der Waals surface area contributed by atoms with Crippen LogP contribution >= 0.6 is 0 Å². The minimum atomic E-state index is 0.0570. The van der Waals surface area contributed by atoms with Crippen molar-refractivity contribution in [2.24, 2.45) is 0 Å². The standard InChI is InChI=1S/C15H24N4O/c1-10(2)13-7-12(8-14(16)17-13)15(20)19-6-5-18(4)9-11(19)3/h7-8,10-11H,5-6,9H2,1-4H3,(H2,16,17). The van der Waals surface area contributed by atoms with Crippen molar-refractivity contribution in [3.8, 4) is 0 Å². The zero-order valence-corrected chi connectivity index (χ0v) is 12.8. The van der Waals surface area contributed by atoms with E-state index in [0.29, 0.717) is 11.4 Å². The van der Waals surface area contributed by atoms with Gasteiger partial charge in [0.2, 0.25) is 0 Å². The van der Waals surface area contributed by atoms with E-state index in [2.05, 4.69) is 37.7 Å². The third-order valence-electron chi connectivity index (χ3n) is 3.79. The first-order valence-electron chi connectivity index (χ1n) is 7.15. The average molecular weight is 276 g/mol. The molecule has 1 unspecified atom stereocenters. The highest BCUT2D eigenvalue weighted by atomic mass is 16.2. The van der Waals surface area contributed by atoms with E-state index in [0.717, 1.165) is 25.3 Å². The van der Waals surface area contributed by atoms with Crippen molar-refractivity contribution in [2.75, 3.05) is 32.4 Å². The monoisotopic (exact) mass is 276 g/mol. The number of hydrogen-bond donors (Lipinski definition) is 1. The molecule has 0 radical (unpaired) electrons. The van der Waals surface area contributed by atoms with Gasteiger partial charge in [-0.3, -0.25) is 4.79 Å². The first kappa shape index (κ1) is 14.8. The molecule has 2 N–H and O–H groups in total. The molecule has 2 heterocycles. The van der Waals surface area contributed by atoms with Crippen LogP contribution in [0.1, 0.15) is 42.7 Å². The van der Waals surface area contributed by atoms with Crippen LogP contribution in [0.3, 0.4) is 0 Å². The number of nitrogens with two attached hydrogens (primary N) is 1. The van der Waals surface area contributed by atoms with Gasteiger partial charge in [-0.05, 0) is 32.0 Å². The van der Waals surface area contributed by atoms with Crippen LogP contribution in [0.15, 0.2) is 12.1 Å². The Bertz CT molecular complexity index is 501. The van der Waals surface area contributed by atoms with E-state index in [1.807, 2.05) is 11.0 Å². The lowest BCUT2D eigenvalue weighted by atomic mass is 10.1. The van der Waals surface area contributed by atoms with Gasteiger partial charge >= 0.3 is 0 Å². The van der Waals surface area contributed by atoms with Crippen molar-refractivity contribution in [2.45, 2.75) is 32.7 Å². The molecule has 5 heteroatoms. The fraction of sp³-hybridized carbons (Fsp3) is 0.600. The van der Waals surface area contributed by atoms with Gasteiger partial charge in [0, 0.05) is 36.9 Å². The zero-order valence-electron chi connectivity index (χ0n) is 12.8. The van der Waals surface area contributed by atoms with Crippen LogP contribution in [0.25, 0.3) is 0 Å². The van der Waals surface area contributed by atoms with Crippen molar-refractivity contribution in [3.63, 3.8) is 0 Å². The normalized spacial score (nSPS) is 20.4. The molecule has 1 atom stereocenters. The minimum Gasteiger partial charge on any atom is -0.384 e. The largest absolute Gasteiger partial charge is 0.384 e. The lowest BCUT2D eigenvalue weighted by Gasteiger charge is -2.38. The van der Waals surface area contributed by atoms with Gasteiger partial charge < -0.3 is 15.5 Å². The van der Waals surface area contributed by atoms with Gasteiger partial charge in [-0.15, -0.1) is 0 Å². The Morgan fingerprint density at radius 1 is 1.40 bits per heavy atom. The molecule has 1 aromatic rings. The predicted octanol–water partition coefficient (Wildman–Crippen LogP) is 1.56. The molecule has 1 aliphatic heterocycles. The molecule has 0 saturated carbocycles. The number of aromatic nitrogens is 1. The molecule has 5 nitrogen and oxygen atoms in total. The van der Waals surface area contributed by atoms with Gasteiger partial charge in [-0.1, -0.05) is 13.8 Å². The Hall–Kier alpha value is -1.62. The van der Waals surface area contributed by atoms with Gasteiger partial charge in [0.15, 0.2) is 0 Å². The van der Waals surface area contributed by atoms with Gasteiger partial charge in [-0.25, -0.2) is 4.98 Å². The highest BCUT2D eigenvalue weighted by Crippen LogP contribution is 2.19. The summed E-state index contributed by atoms with van der Waals surface area (Å²) in [6, 6.07) is 3.77. The SMILES string of the molecule is CC(C)c1cc(C(=O)N2CCN(C)CC2C)cc(N)n1. The maximum atomic E-state index is 12.7. The van der Waals surface area contributed by atoms with Crippen molar-refractivity contribution in [1.82, 2.24) is 14.8 Å². The fourth-order valence-electron chi connectivity index (χ4n) is 2.60. The lowest BCUT2D eigenvalue weighted by molar-refractivity contribution is 0.0533. The molecular formula is C15H24N4O. The maximum absolute atomic E-state index is 12.7. The second kappa shape index (κ2) is 5.79. The molecule has 0 aliphatic carbocycles. The van der Waals surface area contributed by atoms with E-state index in [4.69, 9.17) is 5.73 Å². The van der Waals surface area contributed by atoms with Crippen LogP contribution in [0, 0.1) is 0 Å². The van der Waals surface area contributed by atoms with Gasteiger partial charge in [0.05, 0.1) is 0 Å². The highest BCUT2D eigenvalue weighted by molar-refractivity contribution is 5.95. The second-order valence-corrected chi connectivity index (χ2v) is 5.97. The van der Waals surface area contributed by atoms with Crippen LogP contribution in [0.5, 0.6) is 0 Å². The van der Waals surface area contributed by atoms with Crippen molar-refractivity contribution in [1.29, 1.82) is 0 Å². The Morgan fingerprint density at radius 2 is 2.10 bits per heavy atom. The van der Waals surface area contributed by atoms with Crippen LogP contribution < -0.4 is 5.73 Å². The Balaban J connectivity index is 2.24. The Labute approximate surface area is 120 Å². The summed E-state index contributed by atoms with van der Waals surface area (Å²) in [5.74, 6) is 0.734. The maximum Gasteiger partial charge on any atom is 0.254 e. The number of likely N-dealkylation sites (N-methyl/N-ethyl adjacent to an activating group) is 1. The molecule has 2 rings (SSSR count). The molecule has 1 fully saturated rings. The second-order valence-electron chi connectivity index (χ2n) is 5.97. The number of nitrogens with zero attached hydrogens (tertiary/aromatic N) is 3. The van der Waals surface area contributed by atoms with Crippen LogP contribution in [0.4, 0.5) is 5.82 Å². The molecule has 1 saturated heterocycles. The quantitative estimate of drug-likeness (QED) is 0.890. The summed E-state index contributed by atoms with van der Waals surface area (Å²) in [6.45, 7) is 8.76. The number of piperazine rings is 1. The molecule has 110 valence electrons. The molecule has 0 bridgehead atoms. The van der Waals surface area contributed by atoms with E-state index in [9.17, 15) is 4.79 Å². The Morgan fingerprint density at radius 3 is 2.70 bits per heavy atom. The topological polar surface area (TPSA) is 62.5 Å². The van der Waals surface area contributed by atoms with Crippen LogP contribution in [-0.4, -0.2) is 53.4 Å². The average Bonchev–Trinajstić information content (AvgIpc) is 2.37. The number of pyridine rings is 1. The molecule has 0 aromatic carbocycles. The molecule has 0 spiro atoms. The van der Waals surface area contributed by atoms with E-state index in [-0.39, 0.29) is 17.9 Å². The number of carbonyl (C=O) groups is 1. The first-order valence-corrected chi connectivity index (χ1v) is 7.15. The summed E-state index contributed by atoms with van der Waals surface area (Å²) in [6.07, 6.45) is 0. The van der Waals surface area contributed by atoms with E-state index >= 15 is 0 Å². The number of hydrogen-bond acceptors (Lipinski definition) is 4. The molecule has 1 aromatic heterocycles. The van der Waals surface area contributed by atoms with Crippen LogP contribution in [0.2, 0.25) is 0 Å². The minimum absolute atomic E-state index is 0.0570. The summed E-state index contributed by atoms with van der Waals surface area (Å²) in [5.41, 5.74) is 7.35. The van der Waals surface area contributed by atoms with E-state index in [1.165, 1.54) is 0 Å². The van der Waals surface area contributed by atoms with Gasteiger partial charge in [0.1, 0.15) is 5.82 Å². The summed E-state index contributed by atoms with van der Waals surface area (Å²) in [5, 5.41) is 0. The van der Waals surface area contributed by atoms with Crippen molar-refractivity contribution < 1.29 is 4.79 Å². The number of rotatable bonds is 2. The van der Waals surface area contributed by atoms with Crippen molar-refractivity contribution >= 4 is 11.7 Å². The third-order valence-corrected chi connectivity index (χ3v) is 3.79. The summed E-state index contributed by atoms with van der Waals surface area (Å²) < 4.78 is 0. The predicted molar refractivity (Wildman–Crippen MR) is 80.7 cm³/mol.